The summed E-state index contributed by atoms with van der Waals surface area (Å²) in [7, 11) is 1.87. The van der Waals surface area contributed by atoms with Gasteiger partial charge in [-0.2, -0.15) is 0 Å². The molecule has 0 aliphatic heterocycles. The first-order valence-electron chi connectivity index (χ1n) is 6.23. The molecule has 0 aliphatic rings. The third-order valence-corrected chi connectivity index (χ3v) is 3.60. The third kappa shape index (κ3) is 2.77. The maximum atomic E-state index is 13.9. The number of hydrogen-bond acceptors (Lipinski definition) is 3. The Bertz CT molecular complexity index is 630. The zero-order valence-electron chi connectivity index (χ0n) is 11.4. The molecule has 0 fully saturated rings. The van der Waals surface area contributed by atoms with Gasteiger partial charge in [-0.3, -0.25) is 4.98 Å². The van der Waals surface area contributed by atoms with Crippen LogP contribution in [0.15, 0.2) is 42.7 Å². The summed E-state index contributed by atoms with van der Waals surface area (Å²) >= 11 is 5.05. The average molecular weight is 289 g/mol. The van der Waals surface area contributed by atoms with Crippen LogP contribution in [0.25, 0.3) is 0 Å². The number of halogens is 1. The van der Waals surface area contributed by atoms with E-state index in [2.05, 4.69) is 4.98 Å². The second kappa shape index (κ2) is 5.96. The molecule has 0 spiro atoms. The van der Waals surface area contributed by atoms with Crippen LogP contribution >= 0.6 is 12.2 Å². The fourth-order valence-corrected chi connectivity index (χ4v) is 2.28. The van der Waals surface area contributed by atoms with E-state index in [0.29, 0.717) is 10.6 Å². The molecule has 2 aromatic rings. The van der Waals surface area contributed by atoms with Crippen LogP contribution in [0.1, 0.15) is 24.1 Å². The monoisotopic (exact) mass is 289 g/mol. The van der Waals surface area contributed by atoms with E-state index in [0.717, 1.165) is 11.3 Å². The molecule has 5 heteroatoms. The number of thiocarbonyl (C=S) groups is 1. The molecular formula is C15H16FN3S. The predicted octanol–water partition coefficient (Wildman–Crippen LogP) is 3.05. The fraction of sp³-hybridized carbons (Fsp3) is 0.200. The number of rotatable bonds is 4. The predicted molar refractivity (Wildman–Crippen MR) is 83.3 cm³/mol. The molecule has 1 unspecified atom stereocenters. The van der Waals surface area contributed by atoms with Crippen LogP contribution < -0.4 is 10.6 Å². The van der Waals surface area contributed by atoms with Gasteiger partial charge in [-0.25, -0.2) is 4.39 Å². The van der Waals surface area contributed by atoms with Gasteiger partial charge in [0.05, 0.1) is 17.9 Å². The van der Waals surface area contributed by atoms with Crippen LogP contribution in [0.3, 0.4) is 0 Å². The van der Waals surface area contributed by atoms with Gasteiger partial charge < -0.3 is 10.6 Å². The van der Waals surface area contributed by atoms with Crippen LogP contribution in [0.4, 0.5) is 10.1 Å². The van der Waals surface area contributed by atoms with Gasteiger partial charge in [-0.15, -0.1) is 0 Å². The lowest BCUT2D eigenvalue weighted by Crippen LogP contribution is -2.25. The van der Waals surface area contributed by atoms with Crippen molar-refractivity contribution in [2.24, 2.45) is 5.73 Å². The van der Waals surface area contributed by atoms with E-state index in [9.17, 15) is 4.39 Å². The Hall–Kier alpha value is -2.01. The summed E-state index contributed by atoms with van der Waals surface area (Å²) in [5, 5.41) is 0. The van der Waals surface area contributed by atoms with Gasteiger partial charge >= 0.3 is 0 Å². The molecule has 1 atom stereocenters. The number of hydrogen-bond donors (Lipinski definition) is 1. The minimum absolute atomic E-state index is 0.159. The number of anilines is 1. The molecule has 3 nitrogen and oxygen atoms in total. The van der Waals surface area contributed by atoms with Crippen LogP contribution in [-0.2, 0) is 0 Å². The first-order chi connectivity index (χ1) is 9.52. The zero-order valence-corrected chi connectivity index (χ0v) is 12.2. The topological polar surface area (TPSA) is 42.2 Å². The van der Waals surface area contributed by atoms with Gasteiger partial charge in [0, 0.05) is 24.4 Å². The molecule has 104 valence electrons. The maximum absolute atomic E-state index is 13.9. The first-order valence-corrected chi connectivity index (χ1v) is 6.64. The lowest BCUT2D eigenvalue weighted by Gasteiger charge is -2.29. The molecule has 1 aromatic carbocycles. The fourth-order valence-electron chi connectivity index (χ4n) is 2.11. The van der Waals surface area contributed by atoms with Crippen LogP contribution in [0.2, 0.25) is 0 Å². The highest BCUT2D eigenvalue weighted by atomic mass is 32.1. The second-order valence-corrected chi connectivity index (χ2v) is 5.01. The van der Waals surface area contributed by atoms with Crippen LogP contribution in [0, 0.1) is 5.82 Å². The third-order valence-electron chi connectivity index (χ3n) is 3.38. The normalized spacial score (nSPS) is 11.9. The molecule has 0 bridgehead atoms. The molecule has 20 heavy (non-hydrogen) atoms. The zero-order chi connectivity index (χ0) is 14.7. The van der Waals surface area contributed by atoms with E-state index in [-0.39, 0.29) is 11.9 Å². The number of aromatic nitrogens is 1. The molecular weight excluding hydrogens is 273 g/mol. The van der Waals surface area contributed by atoms with Crippen molar-refractivity contribution in [3.8, 4) is 0 Å². The van der Waals surface area contributed by atoms with Gasteiger partial charge in [0.1, 0.15) is 10.8 Å². The summed E-state index contributed by atoms with van der Waals surface area (Å²) < 4.78 is 13.9. The largest absolute Gasteiger partial charge is 0.389 e. The molecule has 0 radical (unpaired) electrons. The van der Waals surface area contributed by atoms with Gasteiger partial charge in [-0.1, -0.05) is 30.4 Å². The SMILES string of the molecule is CC(c1ccccc1F)N(C)c1cnccc1C(N)=S. The second-order valence-electron chi connectivity index (χ2n) is 4.57. The summed E-state index contributed by atoms with van der Waals surface area (Å²) in [5.41, 5.74) is 7.87. The first kappa shape index (κ1) is 14.4. The minimum atomic E-state index is -0.229. The minimum Gasteiger partial charge on any atom is -0.389 e. The van der Waals surface area contributed by atoms with Crippen molar-refractivity contribution >= 4 is 22.9 Å². The molecule has 0 saturated heterocycles. The number of nitrogens with zero attached hydrogens (tertiary/aromatic N) is 2. The molecule has 1 heterocycles. The lowest BCUT2D eigenvalue weighted by atomic mass is 10.1. The molecule has 0 amide bonds. The summed E-state index contributed by atoms with van der Waals surface area (Å²) in [5.74, 6) is -0.229. The van der Waals surface area contributed by atoms with Gasteiger partial charge in [0.15, 0.2) is 0 Å². The Morgan fingerprint density at radius 1 is 1.35 bits per heavy atom. The van der Waals surface area contributed by atoms with Crippen molar-refractivity contribution in [1.29, 1.82) is 0 Å². The van der Waals surface area contributed by atoms with E-state index < -0.39 is 0 Å². The summed E-state index contributed by atoms with van der Waals surface area (Å²) in [4.78, 5) is 6.31. The Labute approximate surface area is 123 Å². The Morgan fingerprint density at radius 3 is 2.70 bits per heavy atom. The quantitative estimate of drug-likeness (QED) is 0.878. The molecule has 0 saturated carbocycles. The van der Waals surface area contributed by atoms with E-state index in [1.54, 1.807) is 30.6 Å². The van der Waals surface area contributed by atoms with Gasteiger partial charge in [0.25, 0.3) is 0 Å². The maximum Gasteiger partial charge on any atom is 0.128 e. The molecule has 1 aromatic heterocycles. The standard InChI is InChI=1S/C15H16FN3S/c1-10(11-5-3-4-6-13(11)16)19(2)14-9-18-8-7-12(14)15(17)20/h3-10H,1-2H3,(H2,17,20). The van der Waals surface area contributed by atoms with Crippen molar-refractivity contribution in [3.63, 3.8) is 0 Å². The van der Waals surface area contributed by atoms with Crippen molar-refractivity contribution in [1.82, 2.24) is 4.98 Å². The van der Waals surface area contributed by atoms with Gasteiger partial charge in [0.2, 0.25) is 0 Å². The number of pyridine rings is 1. The summed E-state index contributed by atoms with van der Waals surface area (Å²) in [6.07, 6.45) is 3.32. The van der Waals surface area contributed by atoms with Crippen molar-refractivity contribution in [3.05, 3.63) is 59.7 Å². The highest BCUT2D eigenvalue weighted by Gasteiger charge is 2.18. The Morgan fingerprint density at radius 2 is 2.05 bits per heavy atom. The van der Waals surface area contributed by atoms with Crippen LogP contribution in [-0.4, -0.2) is 17.0 Å². The average Bonchev–Trinajstić information content (AvgIpc) is 2.46. The van der Waals surface area contributed by atoms with E-state index >= 15 is 0 Å². The van der Waals surface area contributed by atoms with Crippen molar-refractivity contribution in [2.45, 2.75) is 13.0 Å². The van der Waals surface area contributed by atoms with E-state index in [4.69, 9.17) is 18.0 Å². The molecule has 2 N–H and O–H groups in total. The smallest absolute Gasteiger partial charge is 0.128 e. The van der Waals surface area contributed by atoms with Gasteiger partial charge in [-0.05, 0) is 19.1 Å². The highest BCUT2D eigenvalue weighted by Crippen LogP contribution is 2.28. The summed E-state index contributed by atoms with van der Waals surface area (Å²) in [6, 6.07) is 8.33. The lowest BCUT2D eigenvalue weighted by molar-refractivity contribution is 0.585. The Kier molecular flexibility index (Phi) is 4.29. The highest BCUT2D eigenvalue weighted by molar-refractivity contribution is 7.80. The summed E-state index contributed by atoms with van der Waals surface area (Å²) in [6.45, 7) is 1.93. The van der Waals surface area contributed by atoms with Crippen LogP contribution in [0.5, 0.6) is 0 Å². The number of benzene rings is 1. The number of nitrogens with two attached hydrogens (primary N) is 1. The van der Waals surface area contributed by atoms with E-state index in [1.807, 2.05) is 24.9 Å². The van der Waals surface area contributed by atoms with Crippen molar-refractivity contribution < 1.29 is 4.39 Å². The van der Waals surface area contributed by atoms with Crippen molar-refractivity contribution in [2.75, 3.05) is 11.9 Å². The Balaban J connectivity index is 2.39. The van der Waals surface area contributed by atoms with E-state index in [1.165, 1.54) is 6.07 Å². The molecule has 2 rings (SSSR count). The molecule has 0 aliphatic carbocycles.